The van der Waals surface area contributed by atoms with Crippen LogP contribution in [0.5, 0.6) is 5.75 Å². The van der Waals surface area contributed by atoms with Crippen LogP contribution in [0, 0.1) is 5.92 Å². The van der Waals surface area contributed by atoms with Gasteiger partial charge in [0.25, 0.3) is 11.5 Å². The van der Waals surface area contributed by atoms with E-state index in [4.69, 9.17) is 21.1 Å². The lowest BCUT2D eigenvalue weighted by Crippen LogP contribution is -2.46. The van der Waals surface area contributed by atoms with Crippen LogP contribution in [0.2, 0.25) is 23.7 Å². The number of methoxy groups -OCH3 is 1. The number of pyridine rings is 1. The van der Waals surface area contributed by atoms with Crippen molar-refractivity contribution in [1.82, 2.24) is 19.6 Å². The molecular weight excluding hydrogens is 698 g/mol. The van der Waals surface area contributed by atoms with Gasteiger partial charge in [0.05, 0.1) is 43.7 Å². The molecule has 1 spiro atoms. The van der Waals surface area contributed by atoms with E-state index in [0.717, 1.165) is 11.1 Å². The number of hydrogen-bond donors (Lipinski definition) is 2. The van der Waals surface area contributed by atoms with Gasteiger partial charge in [0.2, 0.25) is 0 Å². The van der Waals surface area contributed by atoms with Crippen molar-refractivity contribution in [2.75, 3.05) is 18.6 Å². The Morgan fingerprint density at radius 3 is 2.56 bits per heavy atom. The summed E-state index contributed by atoms with van der Waals surface area (Å²) in [5.74, 6) is -0.668. The number of carbonyl (C=O) groups excluding carboxylic acids is 1. The lowest BCUT2D eigenvalue weighted by Gasteiger charge is -2.32. The van der Waals surface area contributed by atoms with Crippen LogP contribution in [0.1, 0.15) is 41.6 Å². The van der Waals surface area contributed by atoms with Crippen LogP contribution in [0.4, 0.5) is 5.69 Å². The van der Waals surface area contributed by atoms with Crippen molar-refractivity contribution in [2.24, 2.45) is 5.92 Å². The predicted molar refractivity (Wildman–Crippen MR) is 200 cm³/mol. The van der Waals surface area contributed by atoms with E-state index in [2.05, 4.69) is 10.3 Å². The third-order valence-electron chi connectivity index (χ3n) is 10.5. The third kappa shape index (κ3) is 6.28. The van der Waals surface area contributed by atoms with E-state index in [-0.39, 0.29) is 47.7 Å². The summed E-state index contributed by atoms with van der Waals surface area (Å²) < 4.78 is 15.5. The van der Waals surface area contributed by atoms with Gasteiger partial charge in [0.1, 0.15) is 0 Å². The maximum atomic E-state index is 14.9. The number of ether oxygens (including phenoxy) is 2. The van der Waals surface area contributed by atoms with Crippen LogP contribution in [0.3, 0.4) is 0 Å². The number of nitrogens with zero attached hydrogens (tertiary/aromatic N) is 5. The van der Waals surface area contributed by atoms with Crippen molar-refractivity contribution < 1.29 is 24.2 Å². The summed E-state index contributed by atoms with van der Waals surface area (Å²) in [5, 5.41) is 19.4. The summed E-state index contributed by atoms with van der Waals surface area (Å²) in [6.45, 7) is 6.34. The highest BCUT2D eigenvalue weighted by Gasteiger charge is 2.66. The van der Waals surface area contributed by atoms with E-state index in [9.17, 15) is 19.5 Å². The van der Waals surface area contributed by atoms with Gasteiger partial charge in [-0.15, -0.1) is 5.10 Å². The van der Waals surface area contributed by atoms with Gasteiger partial charge in [-0.25, -0.2) is 0 Å². The lowest BCUT2D eigenvalue weighted by molar-refractivity contribution is -0.146. The molecule has 13 heteroatoms. The molecule has 5 aromatic rings. The van der Waals surface area contributed by atoms with Gasteiger partial charge < -0.3 is 24.3 Å². The molecule has 0 saturated carbocycles. The first-order valence-electron chi connectivity index (χ1n) is 17.4. The minimum absolute atomic E-state index is 0.106. The number of amides is 1. The Bertz CT molecular complexity index is 2150. The number of rotatable bonds is 11. The standard InChI is InChI=1S/C39H42ClN5O6Si/c1-25-36(52(3,4)49)34(17-19-43-23-32(41-42-43)30(24-46)27-11-6-5-7-12-27)51-39(25)31-21-28(40)15-16-33(31)45(38(39)48)22-26-10-8-13-29(20-26)44-18-9-14-35(50-2)37(44)47/h5-16,18,20-21,23,25,30,34,36,46,49H,17,19,22,24H2,1-4H3/t25-,30?,34+,36-,39+/m0/s1. The van der Waals surface area contributed by atoms with Gasteiger partial charge in [-0.05, 0) is 73.1 Å². The molecule has 52 heavy (non-hydrogen) atoms. The van der Waals surface area contributed by atoms with E-state index in [1.165, 1.54) is 11.7 Å². The quantitative estimate of drug-likeness (QED) is 0.166. The Morgan fingerprint density at radius 2 is 1.83 bits per heavy atom. The molecule has 0 bridgehead atoms. The van der Waals surface area contributed by atoms with E-state index in [1.807, 2.05) is 92.9 Å². The zero-order chi connectivity index (χ0) is 36.8. The maximum Gasteiger partial charge on any atom is 0.297 e. The minimum Gasteiger partial charge on any atom is -0.491 e. The smallest absolute Gasteiger partial charge is 0.297 e. The number of hydrogen-bond acceptors (Lipinski definition) is 8. The Morgan fingerprint density at radius 1 is 1.04 bits per heavy atom. The molecule has 2 aliphatic rings. The van der Waals surface area contributed by atoms with Crippen molar-refractivity contribution in [1.29, 1.82) is 0 Å². The summed E-state index contributed by atoms with van der Waals surface area (Å²) >= 11 is 6.60. The second-order valence-corrected chi connectivity index (χ2v) is 18.6. The van der Waals surface area contributed by atoms with Crippen LogP contribution in [-0.4, -0.2) is 63.5 Å². The molecule has 2 N–H and O–H groups in total. The average molecular weight is 740 g/mol. The Kier molecular flexibility index (Phi) is 9.70. The zero-order valence-corrected chi connectivity index (χ0v) is 31.3. The molecule has 0 radical (unpaired) electrons. The van der Waals surface area contributed by atoms with Crippen LogP contribution in [0.15, 0.2) is 102 Å². The highest BCUT2D eigenvalue weighted by atomic mass is 35.5. The van der Waals surface area contributed by atoms with Gasteiger partial charge in [0, 0.05) is 46.7 Å². The van der Waals surface area contributed by atoms with Crippen LogP contribution < -0.4 is 15.2 Å². The van der Waals surface area contributed by atoms with Crippen molar-refractivity contribution in [3.05, 3.63) is 135 Å². The van der Waals surface area contributed by atoms with E-state index in [1.54, 1.807) is 34.0 Å². The molecule has 0 aliphatic carbocycles. The first-order valence-corrected chi connectivity index (χ1v) is 20.8. The molecule has 3 aromatic carbocycles. The molecule has 11 nitrogen and oxygen atoms in total. The second-order valence-electron chi connectivity index (χ2n) is 14.2. The number of aromatic nitrogens is 4. The lowest BCUT2D eigenvalue weighted by atomic mass is 9.82. The van der Waals surface area contributed by atoms with Crippen LogP contribution in [0.25, 0.3) is 5.69 Å². The molecule has 2 aromatic heterocycles. The van der Waals surface area contributed by atoms with Gasteiger partial charge in [-0.2, -0.15) is 0 Å². The van der Waals surface area contributed by atoms with Gasteiger partial charge >= 0.3 is 0 Å². The third-order valence-corrected chi connectivity index (χ3v) is 13.3. The first-order chi connectivity index (χ1) is 25.0. The van der Waals surface area contributed by atoms with E-state index in [0.29, 0.717) is 40.6 Å². The van der Waals surface area contributed by atoms with Crippen molar-refractivity contribution in [2.45, 2.75) is 62.7 Å². The topological polar surface area (TPSA) is 132 Å². The fraction of sp³-hybridized carbons (Fsp3) is 0.333. The molecule has 1 unspecified atom stereocenters. The number of aryl methyl sites for hydroxylation is 1. The summed E-state index contributed by atoms with van der Waals surface area (Å²) in [7, 11) is -1.45. The van der Waals surface area contributed by atoms with E-state index < -0.39 is 20.0 Å². The van der Waals surface area contributed by atoms with Crippen LogP contribution in [-0.2, 0) is 28.2 Å². The van der Waals surface area contributed by atoms with Gasteiger partial charge in [-0.1, -0.05) is 66.2 Å². The van der Waals surface area contributed by atoms with Crippen molar-refractivity contribution >= 4 is 31.5 Å². The Hall–Kier alpha value is -4.59. The van der Waals surface area contributed by atoms with Crippen molar-refractivity contribution in [3.63, 3.8) is 0 Å². The molecule has 1 saturated heterocycles. The Balaban J connectivity index is 1.19. The molecule has 2 aliphatic heterocycles. The number of aliphatic hydroxyl groups excluding tert-OH is 1. The fourth-order valence-electron chi connectivity index (χ4n) is 8.19. The summed E-state index contributed by atoms with van der Waals surface area (Å²) in [4.78, 5) is 41.4. The number of carbonyl (C=O) groups is 1. The number of benzene rings is 3. The monoisotopic (exact) mass is 739 g/mol. The normalized spacial score (nSPS) is 21.9. The van der Waals surface area contributed by atoms with Gasteiger partial charge in [-0.3, -0.25) is 18.8 Å². The fourth-order valence-corrected chi connectivity index (χ4v) is 11.0. The van der Waals surface area contributed by atoms with Crippen molar-refractivity contribution in [3.8, 4) is 11.4 Å². The molecule has 4 heterocycles. The number of fused-ring (bicyclic) bond motifs is 2. The summed E-state index contributed by atoms with van der Waals surface area (Å²) in [5.41, 5.74) is 2.49. The molecule has 1 amide bonds. The molecular formula is C39H42ClN5O6Si. The van der Waals surface area contributed by atoms with Gasteiger partial charge in [0.15, 0.2) is 19.7 Å². The second kappa shape index (κ2) is 14.1. The first kappa shape index (κ1) is 35.8. The number of aliphatic hydroxyl groups is 1. The predicted octanol–water partition coefficient (Wildman–Crippen LogP) is 5.65. The highest BCUT2D eigenvalue weighted by molar-refractivity contribution is 6.71. The molecule has 5 atom stereocenters. The maximum absolute atomic E-state index is 14.9. The molecule has 7 rings (SSSR count). The number of anilines is 1. The summed E-state index contributed by atoms with van der Waals surface area (Å²) in [6, 6.07) is 26.0. The molecule has 270 valence electrons. The highest BCUT2D eigenvalue weighted by Crippen LogP contribution is 2.60. The largest absolute Gasteiger partial charge is 0.491 e. The summed E-state index contributed by atoms with van der Waals surface area (Å²) in [6.07, 6.45) is 3.53. The van der Waals surface area contributed by atoms with Crippen LogP contribution >= 0.6 is 11.6 Å². The molecule has 1 fully saturated rings. The zero-order valence-electron chi connectivity index (χ0n) is 29.5. The Labute approximate surface area is 308 Å². The SMILES string of the molecule is COc1cccn(-c2cccc(CN3C(=O)[C@]4(O[C@H](CCn5cc(C(CO)c6ccccc6)nn5)[C@@H]([Si](C)(C)O)[C@@H]4C)c4cc(Cl)ccc43)c2)c1=O. The van der Waals surface area contributed by atoms with E-state index >= 15 is 0 Å². The number of halogens is 1. The minimum atomic E-state index is -2.91. The average Bonchev–Trinajstić information content (AvgIpc) is 3.78.